The number of nitrogens with two attached hydrogens (primary N) is 1. The Bertz CT molecular complexity index is 421. The van der Waals surface area contributed by atoms with E-state index in [2.05, 4.69) is 26.4 Å². The van der Waals surface area contributed by atoms with E-state index in [1.54, 1.807) is 0 Å². The van der Waals surface area contributed by atoms with E-state index in [0.29, 0.717) is 4.99 Å². The standard InChI is InChI=1S/C11H14BrN3OS/c12-8-1-2-9(11(13)17)10(7-8)14-15-3-5-16-6-4-15/h1-2,7,14H,3-6H2,(H2,13,17). The van der Waals surface area contributed by atoms with Crippen molar-refractivity contribution in [2.24, 2.45) is 5.73 Å². The van der Waals surface area contributed by atoms with Crippen LogP contribution in [-0.2, 0) is 4.74 Å². The molecular formula is C11H14BrN3OS. The van der Waals surface area contributed by atoms with Crippen LogP contribution in [0.1, 0.15) is 5.56 Å². The molecule has 0 spiro atoms. The largest absolute Gasteiger partial charge is 0.389 e. The van der Waals surface area contributed by atoms with Gasteiger partial charge in [0.05, 0.1) is 18.9 Å². The molecule has 4 nitrogen and oxygen atoms in total. The van der Waals surface area contributed by atoms with Crippen molar-refractivity contribution < 1.29 is 4.74 Å². The fourth-order valence-electron chi connectivity index (χ4n) is 1.67. The highest BCUT2D eigenvalue weighted by Gasteiger charge is 2.13. The number of ether oxygens (including phenoxy) is 1. The van der Waals surface area contributed by atoms with Gasteiger partial charge in [0.2, 0.25) is 0 Å². The number of thiocarbonyl (C=S) groups is 1. The van der Waals surface area contributed by atoms with Crippen molar-refractivity contribution in [1.82, 2.24) is 5.01 Å². The number of nitrogens with one attached hydrogen (secondary N) is 1. The van der Waals surface area contributed by atoms with Gasteiger partial charge in [-0.3, -0.25) is 0 Å². The first-order valence-corrected chi connectivity index (χ1v) is 6.55. The molecule has 1 saturated heterocycles. The van der Waals surface area contributed by atoms with Crippen molar-refractivity contribution in [3.8, 4) is 0 Å². The smallest absolute Gasteiger partial charge is 0.106 e. The van der Waals surface area contributed by atoms with Crippen LogP contribution < -0.4 is 11.2 Å². The summed E-state index contributed by atoms with van der Waals surface area (Å²) in [4.78, 5) is 0.397. The lowest BCUT2D eigenvalue weighted by molar-refractivity contribution is 0.0497. The zero-order valence-electron chi connectivity index (χ0n) is 9.28. The number of anilines is 1. The van der Waals surface area contributed by atoms with Gasteiger partial charge in [0, 0.05) is 23.1 Å². The first kappa shape index (κ1) is 12.8. The minimum absolute atomic E-state index is 0.397. The molecule has 1 aromatic rings. The highest BCUT2D eigenvalue weighted by Crippen LogP contribution is 2.22. The van der Waals surface area contributed by atoms with E-state index < -0.39 is 0 Å². The first-order chi connectivity index (χ1) is 8.16. The molecule has 0 saturated carbocycles. The Morgan fingerprint density at radius 1 is 1.41 bits per heavy atom. The van der Waals surface area contributed by atoms with Gasteiger partial charge in [0.25, 0.3) is 0 Å². The van der Waals surface area contributed by atoms with Crippen LogP contribution in [0.3, 0.4) is 0 Å². The molecule has 1 heterocycles. The van der Waals surface area contributed by atoms with Crippen LogP contribution >= 0.6 is 28.1 Å². The van der Waals surface area contributed by atoms with E-state index in [1.807, 2.05) is 18.2 Å². The Morgan fingerprint density at radius 2 is 2.12 bits per heavy atom. The van der Waals surface area contributed by atoms with Gasteiger partial charge in [-0.05, 0) is 18.2 Å². The van der Waals surface area contributed by atoms with Gasteiger partial charge in [-0.2, -0.15) is 0 Å². The molecule has 0 aromatic heterocycles. The number of hydrazine groups is 1. The van der Waals surface area contributed by atoms with Gasteiger partial charge in [-0.25, -0.2) is 5.01 Å². The average molecular weight is 316 g/mol. The predicted molar refractivity (Wildman–Crippen MR) is 76.0 cm³/mol. The van der Waals surface area contributed by atoms with Crippen molar-refractivity contribution in [2.75, 3.05) is 31.7 Å². The molecule has 0 unspecified atom stereocenters. The fourth-order valence-corrected chi connectivity index (χ4v) is 2.21. The number of nitrogens with zero attached hydrogens (tertiary/aromatic N) is 1. The van der Waals surface area contributed by atoms with Crippen LogP contribution in [0.15, 0.2) is 22.7 Å². The zero-order chi connectivity index (χ0) is 12.3. The summed E-state index contributed by atoms with van der Waals surface area (Å²) in [6.45, 7) is 3.18. The van der Waals surface area contributed by atoms with Crippen LogP contribution in [0.4, 0.5) is 5.69 Å². The highest BCUT2D eigenvalue weighted by atomic mass is 79.9. The molecule has 1 aromatic carbocycles. The highest BCUT2D eigenvalue weighted by molar-refractivity contribution is 9.10. The number of rotatable bonds is 3. The molecule has 1 aliphatic heterocycles. The molecule has 0 atom stereocenters. The molecule has 0 amide bonds. The van der Waals surface area contributed by atoms with Gasteiger partial charge in [-0.15, -0.1) is 0 Å². The summed E-state index contributed by atoms with van der Waals surface area (Å²) in [6.07, 6.45) is 0. The van der Waals surface area contributed by atoms with Crippen LogP contribution in [0.5, 0.6) is 0 Å². The van der Waals surface area contributed by atoms with Gasteiger partial charge >= 0.3 is 0 Å². The SMILES string of the molecule is NC(=S)c1ccc(Br)cc1NN1CCOCC1. The van der Waals surface area contributed by atoms with Crippen molar-refractivity contribution in [2.45, 2.75) is 0 Å². The molecular weight excluding hydrogens is 302 g/mol. The van der Waals surface area contributed by atoms with E-state index in [9.17, 15) is 0 Å². The first-order valence-electron chi connectivity index (χ1n) is 5.35. The summed E-state index contributed by atoms with van der Waals surface area (Å²) in [5, 5.41) is 2.10. The molecule has 2 rings (SSSR count). The molecule has 0 radical (unpaired) electrons. The quantitative estimate of drug-likeness (QED) is 0.832. The number of halogens is 1. The van der Waals surface area contributed by atoms with E-state index in [4.69, 9.17) is 22.7 Å². The van der Waals surface area contributed by atoms with Crippen molar-refractivity contribution in [1.29, 1.82) is 0 Å². The molecule has 92 valence electrons. The third-order valence-electron chi connectivity index (χ3n) is 2.54. The number of benzene rings is 1. The predicted octanol–water partition coefficient (Wildman–Crippen LogP) is 1.74. The molecule has 0 bridgehead atoms. The fraction of sp³-hybridized carbons (Fsp3) is 0.364. The molecule has 1 fully saturated rings. The van der Waals surface area contributed by atoms with Crippen LogP contribution in [0.2, 0.25) is 0 Å². The second kappa shape index (κ2) is 5.77. The number of morpholine rings is 1. The minimum Gasteiger partial charge on any atom is -0.389 e. The van der Waals surface area contributed by atoms with Crippen molar-refractivity contribution in [3.63, 3.8) is 0 Å². The van der Waals surface area contributed by atoms with Crippen LogP contribution in [0.25, 0.3) is 0 Å². The summed E-state index contributed by atoms with van der Waals surface area (Å²) >= 11 is 8.48. The van der Waals surface area contributed by atoms with Gasteiger partial charge < -0.3 is 15.9 Å². The number of hydrogen-bond donors (Lipinski definition) is 2. The molecule has 3 N–H and O–H groups in total. The summed E-state index contributed by atoms with van der Waals surface area (Å²) in [5.41, 5.74) is 10.8. The second-order valence-electron chi connectivity index (χ2n) is 3.77. The lowest BCUT2D eigenvalue weighted by Crippen LogP contribution is -2.40. The van der Waals surface area contributed by atoms with E-state index in [-0.39, 0.29) is 0 Å². The van der Waals surface area contributed by atoms with Gasteiger partial charge in [0.1, 0.15) is 4.99 Å². The third kappa shape index (κ3) is 3.38. The van der Waals surface area contributed by atoms with Crippen LogP contribution in [-0.4, -0.2) is 36.3 Å². The molecule has 1 aliphatic rings. The monoisotopic (exact) mass is 315 g/mol. The topological polar surface area (TPSA) is 50.5 Å². The van der Waals surface area contributed by atoms with Gasteiger partial charge in [-0.1, -0.05) is 28.1 Å². The molecule has 6 heteroatoms. The third-order valence-corrected chi connectivity index (χ3v) is 3.25. The maximum absolute atomic E-state index is 5.70. The second-order valence-corrected chi connectivity index (χ2v) is 5.12. The van der Waals surface area contributed by atoms with Crippen molar-refractivity contribution in [3.05, 3.63) is 28.2 Å². The van der Waals surface area contributed by atoms with Gasteiger partial charge in [0.15, 0.2) is 0 Å². The Balaban J connectivity index is 2.17. The summed E-state index contributed by atoms with van der Waals surface area (Å²) in [7, 11) is 0. The molecule has 17 heavy (non-hydrogen) atoms. The van der Waals surface area contributed by atoms with E-state index >= 15 is 0 Å². The lowest BCUT2D eigenvalue weighted by Gasteiger charge is -2.28. The normalized spacial score (nSPS) is 16.8. The average Bonchev–Trinajstić information content (AvgIpc) is 2.30. The Hall–Kier alpha value is -0.690. The lowest BCUT2D eigenvalue weighted by atomic mass is 10.2. The Labute approximate surface area is 114 Å². The maximum atomic E-state index is 5.70. The summed E-state index contributed by atoms with van der Waals surface area (Å²) in [6, 6.07) is 5.82. The Kier molecular flexibility index (Phi) is 4.33. The molecule has 0 aliphatic carbocycles. The zero-order valence-corrected chi connectivity index (χ0v) is 11.7. The van der Waals surface area contributed by atoms with E-state index in [0.717, 1.165) is 42.0 Å². The number of hydrogen-bond acceptors (Lipinski definition) is 4. The van der Waals surface area contributed by atoms with Crippen molar-refractivity contribution >= 4 is 38.8 Å². The summed E-state index contributed by atoms with van der Waals surface area (Å²) < 4.78 is 6.29. The Morgan fingerprint density at radius 3 is 2.76 bits per heavy atom. The maximum Gasteiger partial charge on any atom is 0.106 e. The van der Waals surface area contributed by atoms with E-state index in [1.165, 1.54) is 0 Å². The van der Waals surface area contributed by atoms with Crippen LogP contribution in [0, 0.1) is 0 Å². The summed E-state index contributed by atoms with van der Waals surface area (Å²) in [5.74, 6) is 0. The minimum atomic E-state index is 0.397.